The summed E-state index contributed by atoms with van der Waals surface area (Å²) in [5.74, 6) is -0.0978. The smallest absolute Gasteiger partial charge is 0.265 e. The van der Waals surface area contributed by atoms with Gasteiger partial charge in [0, 0.05) is 23.8 Å². The van der Waals surface area contributed by atoms with Crippen LogP contribution in [0.25, 0.3) is 11.0 Å². The Hall–Kier alpha value is -2.69. The van der Waals surface area contributed by atoms with Crippen molar-refractivity contribution in [3.63, 3.8) is 0 Å². The van der Waals surface area contributed by atoms with Gasteiger partial charge in [-0.3, -0.25) is 4.79 Å². The van der Waals surface area contributed by atoms with E-state index in [-0.39, 0.29) is 11.5 Å². The van der Waals surface area contributed by atoms with Gasteiger partial charge in [0.25, 0.3) is 5.91 Å². The van der Waals surface area contributed by atoms with Crippen molar-refractivity contribution in [2.45, 2.75) is 31.6 Å². The molecule has 32 heavy (non-hydrogen) atoms. The molecule has 0 radical (unpaired) electrons. The number of carbonyl (C=O) groups is 1. The van der Waals surface area contributed by atoms with Gasteiger partial charge in [0.2, 0.25) is 10.0 Å². The van der Waals surface area contributed by atoms with Crippen LogP contribution >= 0.6 is 11.6 Å². The van der Waals surface area contributed by atoms with Crippen LogP contribution in [0.5, 0.6) is 0 Å². The summed E-state index contributed by atoms with van der Waals surface area (Å²) in [5, 5.41) is 11.1. The summed E-state index contributed by atoms with van der Waals surface area (Å²) in [6, 6.07) is 9.76. The number of anilines is 1. The summed E-state index contributed by atoms with van der Waals surface area (Å²) in [7, 11) is -3.64. The number of aromatic nitrogens is 3. The van der Waals surface area contributed by atoms with Crippen LogP contribution in [-0.4, -0.2) is 53.5 Å². The molecule has 1 amide bonds. The summed E-state index contributed by atoms with van der Waals surface area (Å²) < 4.78 is 27.7. The minimum absolute atomic E-state index is 0.144. The maximum atomic E-state index is 13.1. The fourth-order valence-corrected chi connectivity index (χ4v) is 5.43. The molecule has 1 fully saturated rings. The summed E-state index contributed by atoms with van der Waals surface area (Å²) in [5.41, 5.74) is 2.27. The van der Waals surface area contributed by atoms with Crippen LogP contribution in [0.1, 0.15) is 25.3 Å². The molecular weight excluding hydrogens is 454 g/mol. The molecule has 1 aliphatic heterocycles. The van der Waals surface area contributed by atoms with Crippen molar-refractivity contribution in [1.82, 2.24) is 19.5 Å². The molecule has 1 saturated heterocycles. The first-order valence-corrected chi connectivity index (χ1v) is 12.1. The average molecular weight is 478 g/mol. The zero-order valence-electron chi connectivity index (χ0n) is 17.8. The third-order valence-electron chi connectivity index (χ3n) is 5.42. The molecule has 9 nitrogen and oxygen atoms in total. The van der Waals surface area contributed by atoms with Gasteiger partial charge in [-0.1, -0.05) is 29.4 Å². The number of rotatable bonds is 6. The number of carbonyl (C=O) groups excluding carboxylic acids is 1. The molecule has 2 heterocycles. The number of fused-ring (bicyclic) bond motifs is 1. The van der Waals surface area contributed by atoms with Gasteiger partial charge >= 0.3 is 0 Å². The minimum Gasteiger partial charge on any atom is -0.385 e. The third kappa shape index (κ3) is 4.72. The lowest BCUT2D eigenvalue weighted by atomic mass is 10.0. The van der Waals surface area contributed by atoms with Crippen molar-refractivity contribution in [3.05, 3.63) is 47.0 Å². The zero-order valence-corrected chi connectivity index (χ0v) is 19.4. The third-order valence-corrected chi connectivity index (χ3v) is 7.69. The SMILES string of the molecule is Cc1ccc(NC(=O)COn2nnc3ccc(S(=O)(=O)N4CCCC(C)C4)cc32)cc1Cl. The van der Waals surface area contributed by atoms with Crippen LogP contribution in [0, 0.1) is 12.8 Å². The summed E-state index contributed by atoms with van der Waals surface area (Å²) >= 11 is 6.08. The quantitative estimate of drug-likeness (QED) is 0.585. The van der Waals surface area contributed by atoms with Crippen LogP contribution < -0.4 is 10.2 Å². The number of amides is 1. The number of nitrogens with zero attached hydrogens (tertiary/aromatic N) is 4. The van der Waals surface area contributed by atoms with E-state index in [1.54, 1.807) is 24.3 Å². The fraction of sp³-hybridized carbons (Fsp3) is 0.381. The van der Waals surface area contributed by atoms with E-state index < -0.39 is 15.9 Å². The Kier molecular flexibility index (Phi) is 6.36. The molecule has 2 aromatic carbocycles. The second kappa shape index (κ2) is 9.05. The van der Waals surface area contributed by atoms with Gasteiger partial charge in [-0.25, -0.2) is 8.42 Å². The van der Waals surface area contributed by atoms with Crippen LogP contribution in [0.2, 0.25) is 5.02 Å². The molecule has 1 N–H and O–H groups in total. The van der Waals surface area contributed by atoms with Crippen molar-refractivity contribution in [1.29, 1.82) is 0 Å². The monoisotopic (exact) mass is 477 g/mol. The highest BCUT2D eigenvalue weighted by Crippen LogP contribution is 2.25. The highest BCUT2D eigenvalue weighted by molar-refractivity contribution is 7.89. The number of hydrogen-bond acceptors (Lipinski definition) is 6. The first kappa shape index (κ1) is 22.5. The van der Waals surface area contributed by atoms with Crippen molar-refractivity contribution in [2.24, 2.45) is 5.92 Å². The Morgan fingerprint density at radius 2 is 2.09 bits per heavy atom. The van der Waals surface area contributed by atoms with Crippen LogP contribution in [0.3, 0.4) is 0 Å². The van der Waals surface area contributed by atoms with E-state index in [1.807, 2.05) is 13.8 Å². The van der Waals surface area contributed by atoms with E-state index in [4.69, 9.17) is 16.4 Å². The van der Waals surface area contributed by atoms with E-state index in [0.717, 1.165) is 23.3 Å². The van der Waals surface area contributed by atoms with Crippen molar-refractivity contribution in [2.75, 3.05) is 25.0 Å². The second-order valence-electron chi connectivity index (χ2n) is 8.01. The van der Waals surface area contributed by atoms with Crippen molar-refractivity contribution < 1.29 is 18.0 Å². The van der Waals surface area contributed by atoms with Crippen molar-refractivity contribution in [3.8, 4) is 0 Å². The number of aryl methyl sites for hydroxylation is 1. The average Bonchev–Trinajstić information content (AvgIpc) is 3.17. The van der Waals surface area contributed by atoms with E-state index in [9.17, 15) is 13.2 Å². The number of sulfonamides is 1. The lowest BCUT2D eigenvalue weighted by Gasteiger charge is -2.30. The molecule has 11 heteroatoms. The predicted molar refractivity (Wildman–Crippen MR) is 121 cm³/mol. The van der Waals surface area contributed by atoms with Crippen LogP contribution in [0.15, 0.2) is 41.3 Å². The number of piperidine rings is 1. The van der Waals surface area contributed by atoms with Crippen LogP contribution in [-0.2, 0) is 14.8 Å². The highest BCUT2D eigenvalue weighted by Gasteiger charge is 2.29. The molecule has 0 saturated carbocycles. The molecule has 0 bridgehead atoms. The van der Waals surface area contributed by atoms with Gasteiger partial charge in [0.15, 0.2) is 6.61 Å². The molecule has 170 valence electrons. The van der Waals surface area contributed by atoms with Gasteiger partial charge in [0.05, 0.1) is 4.90 Å². The molecule has 1 unspecified atom stereocenters. The van der Waals surface area contributed by atoms with Crippen molar-refractivity contribution >= 4 is 44.3 Å². The Labute approximate surface area is 191 Å². The first-order valence-electron chi connectivity index (χ1n) is 10.3. The van der Waals surface area contributed by atoms with E-state index in [2.05, 4.69) is 15.6 Å². The molecule has 1 aromatic heterocycles. The molecule has 0 spiro atoms. The van der Waals surface area contributed by atoms with Gasteiger partial charge in [0.1, 0.15) is 11.0 Å². The maximum Gasteiger partial charge on any atom is 0.265 e. The Morgan fingerprint density at radius 1 is 1.28 bits per heavy atom. The Morgan fingerprint density at radius 3 is 2.84 bits per heavy atom. The largest absolute Gasteiger partial charge is 0.385 e. The van der Waals surface area contributed by atoms with E-state index >= 15 is 0 Å². The van der Waals surface area contributed by atoms with Gasteiger partial charge in [-0.2, -0.15) is 4.31 Å². The van der Waals surface area contributed by atoms with E-state index in [0.29, 0.717) is 40.8 Å². The number of hydrogen-bond donors (Lipinski definition) is 1. The van der Waals surface area contributed by atoms with E-state index in [1.165, 1.54) is 16.4 Å². The molecule has 1 atom stereocenters. The van der Waals surface area contributed by atoms with Gasteiger partial charge in [-0.15, -0.1) is 5.10 Å². The fourth-order valence-electron chi connectivity index (χ4n) is 3.63. The normalized spacial score (nSPS) is 17.4. The summed E-state index contributed by atoms with van der Waals surface area (Å²) in [4.78, 5) is 18.9. The molecule has 4 rings (SSSR count). The van der Waals surface area contributed by atoms with Gasteiger partial charge < -0.3 is 10.2 Å². The maximum absolute atomic E-state index is 13.1. The van der Waals surface area contributed by atoms with Crippen LogP contribution in [0.4, 0.5) is 5.69 Å². The summed E-state index contributed by atoms with van der Waals surface area (Å²) in [6.07, 6.45) is 1.86. The topological polar surface area (TPSA) is 106 Å². The molecular formula is C21H24ClN5O4S. The Bertz CT molecular complexity index is 1260. The number of nitrogens with one attached hydrogen (secondary N) is 1. The molecule has 0 aliphatic carbocycles. The standard InChI is InChI=1S/C21H24ClN5O4S/c1-14-4-3-9-26(12-14)32(29,30)17-7-8-19-20(11-17)27(25-24-19)31-13-21(28)23-16-6-5-15(2)18(22)10-16/h5-8,10-11,14H,3-4,9,12-13H2,1-2H3,(H,23,28). The molecule has 1 aliphatic rings. The second-order valence-corrected chi connectivity index (χ2v) is 10.4. The highest BCUT2D eigenvalue weighted by atomic mass is 35.5. The number of halogens is 1. The zero-order chi connectivity index (χ0) is 22.9. The first-order chi connectivity index (χ1) is 15.2. The molecule has 3 aromatic rings. The lowest BCUT2D eigenvalue weighted by molar-refractivity contribution is -0.121. The summed E-state index contributed by atoms with van der Waals surface area (Å²) in [6.45, 7) is 4.57. The lowest BCUT2D eigenvalue weighted by Crippen LogP contribution is -2.39. The number of benzene rings is 2. The van der Waals surface area contributed by atoms with Gasteiger partial charge in [-0.05, 0) is 66.8 Å². The minimum atomic E-state index is -3.64. The predicted octanol–water partition coefficient (Wildman–Crippen LogP) is 2.88. The Balaban J connectivity index is 1.49.